The molecule has 0 radical (unpaired) electrons. The van der Waals surface area contributed by atoms with Gasteiger partial charge in [-0.05, 0) is 30.0 Å². The second-order valence-corrected chi connectivity index (χ2v) is 4.96. The molecule has 1 N–H and O–H groups in total. The summed E-state index contributed by atoms with van der Waals surface area (Å²) < 4.78 is 10.6. The van der Waals surface area contributed by atoms with Crippen LogP contribution in [0.2, 0.25) is 0 Å². The Labute approximate surface area is 126 Å². The van der Waals surface area contributed by atoms with Gasteiger partial charge in [-0.1, -0.05) is 32.6 Å². The van der Waals surface area contributed by atoms with Gasteiger partial charge in [0.05, 0.1) is 13.2 Å². The molecule has 0 spiro atoms. The van der Waals surface area contributed by atoms with E-state index in [2.05, 4.69) is 20.4 Å². The Morgan fingerprint density at radius 2 is 2.05 bits per heavy atom. The maximum Gasteiger partial charge on any atom is 0.330 e. The Morgan fingerprint density at radius 1 is 1.38 bits per heavy atom. The fraction of sp³-hybridized carbons (Fsp3) is 0.471. The second-order valence-electron chi connectivity index (χ2n) is 4.96. The molecule has 0 saturated heterocycles. The van der Waals surface area contributed by atoms with Gasteiger partial charge in [0.1, 0.15) is 11.9 Å². The van der Waals surface area contributed by atoms with Gasteiger partial charge in [0, 0.05) is 12.5 Å². The highest BCUT2D eigenvalue weighted by Gasteiger charge is 2.11. The molecule has 21 heavy (non-hydrogen) atoms. The number of rotatable bonds is 9. The molecule has 0 amide bonds. The van der Waals surface area contributed by atoms with Gasteiger partial charge >= 0.3 is 5.97 Å². The van der Waals surface area contributed by atoms with Crippen LogP contribution in [0.1, 0.15) is 38.2 Å². The Bertz CT molecular complexity index is 439. The zero-order chi connectivity index (χ0) is 15.7. The molecule has 0 heterocycles. The van der Waals surface area contributed by atoms with Crippen LogP contribution in [0, 0.1) is 0 Å². The van der Waals surface area contributed by atoms with Gasteiger partial charge in [-0.2, -0.15) is 0 Å². The van der Waals surface area contributed by atoms with Gasteiger partial charge in [-0.25, -0.2) is 4.79 Å². The average molecular weight is 292 g/mol. The zero-order valence-corrected chi connectivity index (χ0v) is 12.7. The SMILES string of the molecule is C=CC(=O)OCCC(CO)Oc1ccc(C(C)CC)cc1. The number of hydrogen-bond donors (Lipinski definition) is 1. The van der Waals surface area contributed by atoms with Crippen molar-refractivity contribution in [1.82, 2.24) is 0 Å². The van der Waals surface area contributed by atoms with Crippen molar-refractivity contribution in [3.05, 3.63) is 42.5 Å². The molecule has 4 heteroatoms. The number of ether oxygens (including phenoxy) is 2. The lowest BCUT2D eigenvalue weighted by Crippen LogP contribution is -2.23. The number of carbonyl (C=O) groups is 1. The van der Waals surface area contributed by atoms with E-state index in [1.165, 1.54) is 5.56 Å². The van der Waals surface area contributed by atoms with Gasteiger partial charge < -0.3 is 14.6 Å². The maximum absolute atomic E-state index is 10.9. The van der Waals surface area contributed by atoms with Crippen molar-refractivity contribution in [3.8, 4) is 5.75 Å². The summed E-state index contributed by atoms with van der Waals surface area (Å²) in [7, 11) is 0. The number of benzene rings is 1. The number of aliphatic hydroxyl groups excluding tert-OH is 1. The second kappa shape index (κ2) is 9.19. The molecular weight excluding hydrogens is 268 g/mol. The molecule has 2 atom stereocenters. The molecule has 0 fully saturated rings. The van der Waals surface area contributed by atoms with Crippen molar-refractivity contribution >= 4 is 5.97 Å². The highest BCUT2D eigenvalue weighted by Crippen LogP contribution is 2.22. The van der Waals surface area contributed by atoms with E-state index < -0.39 is 12.1 Å². The molecule has 0 aliphatic carbocycles. The lowest BCUT2D eigenvalue weighted by Gasteiger charge is -2.17. The van der Waals surface area contributed by atoms with Gasteiger partial charge in [0.25, 0.3) is 0 Å². The molecule has 116 valence electrons. The number of esters is 1. The summed E-state index contributed by atoms with van der Waals surface area (Å²) in [6, 6.07) is 7.88. The smallest absolute Gasteiger partial charge is 0.330 e. The molecule has 0 aliphatic rings. The Morgan fingerprint density at radius 3 is 2.57 bits per heavy atom. The van der Waals surface area contributed by atoms with Crippen molar-refractivity contribution in [2.24, 2.45) is 0 Å². The maximum atomic E-state index is 10.9. The first-order valence-corrected chi connectivity index (χ1v) is 7.27. The summed E-state index contributed by atoms with van der Waals surface area (Å²) in [5, 5.41) is 9.31. The summed E-state index contributed by atoms with van der Waals surface area (Å²) in [5.74, 6) is 0.756. The molecule has 4 nitrogen and oxygen atoms in total. The number of carbonyl (C=O) groups excluding carboxylic acids is 1. The van der Waals surface area contributed by atoms with E-state index in [0.717, 1.165) is 12.5 Å². The normalized spacial score (nSPS) is 13.3. The van der Waals surface area contributed by atoms with E-state index in [4.69, 9.17) is 9.47 Å². The monoisotopic (exact) mass is 292 g/mol. The third kappa shape index (κ3) is 6.00. The molecule has 0 aromatic heterocycles. The van der Waals surface area contributed by atoms with Gasteiger partial charge in [-0.3, -0.25) is 0 Å². The van der Waals surface area contributed by atoms with Gasteiger partial charge in [-0.15, -0.1) is 0 Å². The molecule has 1 aromatic carbocycles. The lowest BCUT2D eigenvalue weighted by molar-refractivity contribution is -0.138. The van der Waals surface area contributed by atoms with E-state index in [-0.39, 0.29) is 13.2 Å². The van der Waals surface area contributed by atoms with Crippen LogP contribution in [-0.2, 0) is 9.53 Å². The first kappa shape index (κ1) is 17.2. The predicted octanol–water partition coefficient (Wildman–Crippen LogP) is 3.06. The fourth-order valence-corrected chi connectivity index (χ4v) is 1.84. The minimum Gasteiger partial charge on any atom is -0.488 e. The summed E-state index contributed by atoms with van der Waals surface area (Å²) in [6.45, 7) is 7.72. The predicted molar refractivity (Wildman–Crippen MR) is 82.4 cm³/mol. The van der Waals surface area contributed by atoms with E-state index in [9.17, 15) is 9.90 Å². The molecule has 0 aliphatic heterocycles. The van der Waals surface area contributed by atoms with Gasteiger partial charge in [0.2, 0.25) is 0 Å². The van der Waals surface area contributed by atoms with Crippen LogP contribution in [0.4, 0.5) is 0 Å². The minimum atomic E-state index is -0.468. The van der Waals surface area contributed by atoms with Crippen LogP contribution in [0.25, 0.3) is 0 Å². The number of aliphatic hydroxyl groups is 1. The van der Waals surface area contributed by atoms with E-state index in [1.807, 2.05) is 24.3 Å². The van der Waals surface area contributed by atoms with Crippen molar-refractivity contribution in [1.29, 1.82) is 0 Å². The number of hydrogen-bond acceptors (Lipinski definition) is 4. The molecule has 1 rings (SSSR count). The van der Waals surface area contributed by atoms with Crippen LogP contribution in [0.5, 0.6) is 5.75 Å². The van der Waals surface area contributed by atoms with Crippen LogP contribution in [0.15, 0.2) is 36.9 Å². The average Bonchev–Trinajstić information content (AvgIpc) is 2.53. The largest absolute Gasteiger partial charge is 0.488 e. The third-order valence-corrected chi connectivity index (χ3v) is 3.42. The highest BCUT2D eigenvalue weighted by atomic mass is 16.5. The van der Waals surface area contributed by atoms with Crippen LogP contribution in [-0.4, -0.2) is 30.4 Å². The lowest BCUT2D eigenvalue weighted by atomic mass is 9.99. The van der Waals surface area contributed by atoms with Crippen LogP contribution < -0.4 is 4.74 Å². The Kier molecular flexibility index (Phi) is 7.54. The molecule has 1 aromatic rings. The summed E-state index contributed by atoms with van der Waals surface area (Å²) in [5.41, 5.74) is 1.27. The van der Waals surface area contributed by atoms with Crippen molar-refractivity contribution in [2.45, 2.75) is 38.7 Å². The molecule has 0 bridgehead atoms. The van der Waals surface area contributed by atoms with Gasteiger partial charge in [0.15, 0.2) is 0 Å². The van der Waals surface area contributed by atoms with Crippen molar-refractivity contribution in [2.75, 3.05) is 13.2 Å². The van der Waals surface area contributed by atoms with E-state index in [1.54, 1.807) is 0 Å². The third-order valence-electron chi connectivity index (χ3n) is 3.42. The quantitative estimate of drug-likeness (QED) is 0.561. The zero-order valence-electron chi connectivity index (χ0n) is 12.7. The molecule has 2 unspecified atom stereocenters. The topological polar surface area (TPSA) is 55.8 Å². The molecule has 0 saturated carbocycles. The first-order chi connectivity index (χ1) is 10.1. The van der Waals surface area contributed by atoms with Crippen LogP contribution in [0.3, 0.4) is 0 Å². The summed E-state index contributed by atoms with van der Waals surface area (Å²) in [6.07, 6.45) is 2.25. The molecular formula is C17H24O4. The first-order valence-electron chi connectivity index (χ1n) is 7.27. The van der Waals surface area contributed by atoms with Crippen molar-refractivity contribution < 1.29 is 19.4 Å². The van der Waals surface area contributed by atoms with Crippen LogP contribution >= 0.6 is 0 Å². The summed E-state index contributed by atoms with van der Waals surface area (Å²) >= 11 is 0. The van der Waals surface area contributed by atoms with Crippen molar-refractivity contribution in [3.63, 3.8) is 0 Å². The Balaban J connectivity index is 2.49. The highest BCUT2D eigenvalue weighted by molar-refractivity contribution is 5.81. The minimum absolute atomic E-state index is 0.126. The van der Waals surface area contributed by atoms with E-state index in [0.29, 0.717) is 18.1 Å². The standard InChI is InChI=1S/C17H24O4/c1-4-13(3)14-6-8-15(9-7-14)21-16(12-18)10-11-20-17(19)5-2/h5-9,13,16,18H,2,4,10-12H2,1,3H3. The Hall–Kier alpha value is -1.81. The summed E-state index contributed by atoms with van der Waals surface area (Å²) in [4.78, 5) is 10.9. The van der Waals surface area contributed by atoms with E-state index >= 15 is 0 Å². The fourth-order valence-electron chi connectivity index (χ4n) is 1.84.